The number of rotatable bonds is 6. The maximum absolute atomic E-state index is 13.4. The number of nitrogens with one attached hydrogen (secondary N) is 1. The van der Waals surface area contributed by atoms with Crippen molar-refractivity contribution in [2.24, 2.45) is 0 Å². The van der Waals surface area contributed by atoms with Gasteiger partial charge in [-0.15, -0.1) is 11.3 Å². The molecule has 2 aromatic heterocycles. The number of nitrogens with zero attached hydrogens (tertiary/aromatic N) is 2. The van der Waals surface area contributed by atoms with E-state index in [1.165, 1.54) is 15.9 Å². The van der Waals surface area contributed by atoms with Crippen molar-refractivity contribution in [2.45, 2.75) is 26.3 Å². The molecule has 0 saturated heterocycles. The number of halogens is 2. The minimum absolute atomic E-state index is 0.100. The topological polar surface area (TPSA) is 55.5 Å². The van der Waals surface area contributed by atoms with Crippen LogP contribution in [0.15, 0.2) is 47.3 Å². The molecule has 4 aromatic rings. The van der Waals surface area contributed by atoms with Gasteiger partial charge in [-0.25, -0.2) is 0 Å². The van der Waals surface area contributed by atoms with Gasteiger partial charge in [0.05, 0.1) is 25.8 Å². The van der Waals surface area contributed by atoms with E-state index in [-0.39, 0.29) is 18.0 Å². The lowest BCUT2D eigenvalue weighted by atomic mass is 10.2. The van der Waals surface area contributed by atoms with Gasteiger partial charge in [0.2, 0.25) is 5.91 Å². The van der Waals surface area contributed by atoms with Crippen molar-refractivity contribution in [1.29, 1.82) is 0 Å². The Morgan fingerprint density at radius 3 is 2.68 bits per heavy atom. The van der Waals surface area contributed by atoms with Crippen molar-refractivity contribution in [3.63, 3.8) is 0 Å². The van der Waals surface area contributed by atoms with E-state index in [1.54, 1.807) is 24.3 Å². The summed E-state index contributed by atoms with van der Waals surface area (Å²) in [6.45, 7) is 2.53. The molecule has 2 heterocycles. The van der Waals surface area contributed by atoms with Crippen LogP contribution in [0.5, 0.6) is 0 Å². The zero-order chi connectivity index (χ0) is 22.1. The molecule has 0 bridgehead atoms. The van der Waals surface area contributed by atoms with Crippen molar-refractivity contribution in [3.8, 4) is 10.4 Å². The van der Waals surface area contributed by atoms with Crippen molar-refractivity contribution in [2.75, 3.05) is 6.54 Å². The first-order valence-electron chi connectivity index (χ1n) is 9.81. The maximum Gasteiger partial charge on any atom is 0.262 e. The summed E-state index contributed by atoms with van der Waals surface area (Å²) in [7, 11) is 0. The van der Waals surface area contributed by atoms with Gasteiger partial charge in [0.25, 0.3) is 5.56 Å². The van der Waals surface area contributed by atoms with Crippen molar-refractivity contribution in [1.82, 2.24) is 14.3 Å². The quantitative estimate of drug-likeness (QED) is 0.268. The van der Waals surface area contributed by atoms with Gasteiger partial charge in [0.15, 0.2) is 3.95 Å². The highest BCUT2D eigenvalue weighted by atomic mass is 35.5. The van der Waals surface area contributed by atoms with Gasteiger partial charge in [-0.3, -0.25) is 18.6 Å². The first-order valence-corrected chi connectivity index (χ1v) is 11.8. The second-order valence-electron chi connectivity index (χ2n) is 7.10. The van der Waals surface area contributed by atoms with Gasteiger partial charge in [-0.2, -0.15) is 0 Å². The van der Waals surface area contributed by atoms with E-state index in [4.69, 9.17) is 35.4 Å². The SMILES string of the molecule is CCCCNC(=O)Cn1c(=O)c2ccccc2n2c(=S)sc(-c3ccc(Cl)c(Cl)c3)c12. The molecule has 0 unspecified atom stereocenters. The summed E-state index contributed by atoms with van der Waals surface area (Å²) in [6.07, 6.45) is 1.85. The average Bonchev–Trinajstić information content (AvgIpc) is 3.10. The van der Waals surface area contributed by atoms with Crippen molar-refractivity contribution >= 4 is 69.2 Å². The summed E-state index contributed by atoms with van der Waals surface area (Å²) in [5.41, 5.74) is 1.82. The molecule has 1 amide bonds. The van der Waals surface area contributed by atoms with Gasteiger partial charge in [-0.05, 0) is 48.5 Å². The monoisotopic (exact) mass is 491 g/mol. The third kappa shape index (κ3) is 4.15. The molecular weight excluding hydrogens is 473 g/mol. The number of hydrogen-bond acceptors (Lipinski definition) is 4. The second-order valence-corrected chi connectivity index (χ2v) is 9.56. The van der Waals surface area contributed by atoms with Gasteiger partial charge in [0, 0.05) is 6.54 Å². The highest BCUT2D eigenvalue weighted by molar-refractivity contribution is 7.73. The number of fused-ring (bicyclic) bond motifs is 3. The van der Waals surface area contributed by atoms with Gasteiger partial charge < -0.3 is 5.32 Å². The molecule has 1 N–H and O–H groups in total. The molecular formula is C22H19Cl2N3O2S2. The van der Waals surface area contributed by atoms with E-state index < -0.39 is 0 Å². The first-order chi connectivity index (χ1) is 14.9. The van der Waals surface area contributed by atoms with E-state index >= 15 is 0 Å². The second kappa shape index (κ2) is 9.12. The van der Waals surface area contributed by atoms with Crippen LogP contribution in [-0.4, -0.2) is 21.4 Å². The molecule has 0 saturated carbocycles. The van der Waals surface area contributed by atoms with Gasteiger partial charge in [-0.1, -0.05) is 54.7 Å². The van der Waals surface area contributed by atoms with Crippen LogP contribution in [0, 0.1) is 3.95 Å². The Morgan fingerprint density at radius 1 is 1.16 bits per heavy atom. The van der Waals surface area contributed by atoms with Crippen LogP contribution in [-0.2, 0) is 11.3 Å². The fourth-order valence-electron chi connectivity index (χ4n) is 3.49. The van der Waals surface area contributed by atoms with Crippen LogP contribution in [0.25, 0.3) is 27.0 Å². The number of amides is 1. The summed E-state index contributed by atoms with van der Waals surface area (Å²) >= 11 is 19.4. The number of benzene rings is 2. The standard InChI is InChI=1S/C22H19Cl2N3O2S2/c1-2-3-10-25-18(28)12-26-20-19(13-8-9-15(23)16(24)11-13)31-22(30)27(20)17-7-5-4-6-14(17)21(26)29/h4-9,11H,2-3,10,12H2,1H3,(H,25,28). The zero-order valence-electron chi connectivity index (χ0n) is 16.7. The number of carbonyl (C=O) groups is 1. The molecule has 5 nitrogen and oxygen atoms in total. The van der Waals surface area contributed by atoms with Gasteiger partial charge >= 0.3 is 0 Å². The Morgan fingerprint density at radius 2 is 1.94 bits per heavy atom. The van der Waals surface area contributed by atoms with Gasteiger partial charge in [0.1, 0.15) is 12.2 Å². The molecule has 0 spiro atoms. The van der Waals surface area contributed by atoms with Crippen LogP contribution in [0.4, 0.5) is 0 Å². The number of aromatic nitrogens is 2. The minimum Gasteiger partial charge on any atom is -0.355 e. The first kappa shape index (κ1) is 22.0. The molecule has 0 aliphatic heterocycles. The Hall–Kier alpha value is -2.19. The molecule has 160 valence electrons. The Balaban J connectivity index is 2.00. The Bertz CT molecular complexity index is 1420. The molecule has 9 heteroatoms. The summed E-state index contributed by atoms with van der Waals surface area (Å²) in [5, 5.41) is 4.24. The average molecular weight is 492 g/mol. The fourth-order valence-corrected chi connectivity index (χ4v) is 5.21. The van der Waals surface area contributed by atoms with Crippen LogP contribution < -0.4 is 10.9 Å². The number of carbonyl (C=O) groups excluding carboxylic acids is 1. The number of unbranched alkanes of at least 4 members (excludes halogenated alkanes) is 1. The molecule has 0 aliphatic rings. The zero-order valence-corrected chi connectivity index (χ0v) is 19.8. The molecule has 31 heavy (non-hydrogen) atoms. The summed E-state index contributed by atoms with van der Waals surface area (Å²) < 4.78 is 3.93. The lowest BCUT2D eigenvalue weighted by Gasteiger charge is -2.13. The summed E-state index contributed by atoms with van der Waals surface area (Å²) in [6, 6.07) is 12.6. The number of hydrogen-bond donors (Lipinski definition) is 1. The molecule has 2 aromatic carbocycles. The maximum atomic E-state index is 13.4. The molecule has 4 rings (SSSR count). The van der Waals surface area contributed by atoms with E-state index in [0.29, 0.717) is 37.1 Å². The van der Waals surface area contributed by atoms with E-state index in [9.17, 15) is 9.59 Å². The smallest absolute Gasteiger partial charge is 0.262 e. The number of para-hydroxylation sites is 1. The van der Waals surface area contributed by atoms with Crippen LogP contribution >= 0.6 is 46.8 Å². The fraction of sp³-hybridized carbons (Fsp3) is 0.227. The number of thiazole rings is 1. The van der Waals surface area contributed by atoms with Crippen LogP contribution in [0.2, 0.25) is 10.0 Å². The third-order valence-electron chi connectivity index (χ3n) is 5.00. The highest BCUT2D eigenvalue weighted by Gasteiger charge is 2.20. The molecule has 0 radical (unpaired) electrons. The van der Waals surface area contributed by atoms with E-state index in [1.807, 2.05) is 22.6 Å². The minimum atomic E-state index is -0.240. The largest absolute Gasteiger partial charge is 0.355 e. The van der Waals surface area contributed by atoms with Crippen LogP contribution in [0.1, 0.15) is 19.8 Å². The Kier molecular flexibility index (Phi) is 6.48. The molecule has 0 aliphatic carbocycles. The van der Waals surface area contributed by atoms with Crippen molar-refractivity contribution < 1.29 is 4.79 Å². The summed E-state index contributed by atoms with van der Waals surface area (Å²) in [4.78, 5) is 26.8. The van der Waals surface area contributed by atoms with E-state index in [0.717, 1.165) is 23.3 Å². The molecule has 0 atom stereocenters. The van der Waals surface area contributed by atoms with Crippen LogP contribution in [0.3, 0.4) is 0 Å². The van der Waals surface area contributed by atoms with Crippen molar-refractivity contribution in [3.05, 3.63) is 66.8 Å². The van der Waals surface area contributed by atoms with E-state index in [2.05, 4.69) is 12.2 Å². The lowest BCUT2D eigenvalue weighted by molar-refractivity contribution is -0.121. The third-order valence-corrected chi connectivity index (χ3v) is 7.15. The Labute approximate surface area is 197 Å². The summed E-state index contributed by atoms with van der Waals surface area (Å²) in [5.74, 6) is -0.218. The lowest BCUT2D eigenvalue weighted by Crippen LogP contribution is -2.33. The molecule has 0 fully saturated rings. The highest BCUT2D eigenvalue weighted by Crippen LogP contribution is 2.36. The normalized spacial score (nSPS) is 11.3. The predicted molar refractivity (Wildman–Crippen MR) is 131 cm³/mol. The predicted octanol–water partition coefficient (Wildman–Crippen LogP) is 5.94.